The summed E-state index contributed by atoms with van der Waals surface area (Å²) in [6.07, 6.45) is 0.820. The molecule has 0 unspecified atom stereocenters. The monoisotopic (exact) mass is 359 g/mol. The van der Waals surface area contributed by atoms with E-state index in [1.807, 2.05) is 0 Å². The molecule has 132 valence electrons. The van der Waals surface area contributed by atoms with Crippen molar-refractivity contribution in [1.82, 2.24) is 0 Å². The highest BCUT2D eigenvalue weighted by Gasteiger charge is 2.27. The SMILES string of the molecule is Cc1c(Cl)c([N+](=O)[O-])cc([N+](=O)[O-])c1NCCC[NH+]1CCOCC1. The van der Waals surface area contributed by atoms with Gasteiger partial charge in [0.2, 0.25) is 0 Å². The first-order valence-corrected chi connectivity index (χ1v) is 8.06. The Labute approximate surface area is 143 Å². The van der Waals surface area contributed by atoms with E-state index in [9.17, 15) is 20.2 Å². The molecule has 1 saturated heterocycles. The highest BCUT2D eigenvalue weighted by molar-refractivity contribution is 6.34. The second-order valence-corrected chi connectivity index (χ2v) is 6.01. The van der Waals surface area contributed by atoms with E-state index < -0.39 is 15.5 Å². The number of benzene rings is 1. The lowest BCUT2D eigenvalue weighted by Crippen LogP contribution is -3.14. The number of hydrogen-bond acceptors (Lipinski definition) is 6. The minimum Gasteiger partial charge on any atom is -0.379 e. The molecule has 1 aromatic rings. The van der Waals surface area contributed by atoms with Gasteiger partial charge in [0.05, 0.1) is 35.7 Å². The van der Waals surface area contributed by atoms with Gasteiger partial charge in [0.25, 0.3) is 11.4 Å². The van der Waals surface area contributed by atoms with Crippen molar-refractivity contribution in [3.8, 4) is 0 Å². The molecule has 10 heteroatoms. The van der Waals surface area contributed by atoms with E-state index in [4.69, 9.17) is 16.3 Å². The average Bonchev–Trinajstić information content (AvgIpc) is 2.55. The van der Waals surface area contributed by atoms with Gasteiger partial charge in [-0.05, 0) is 6.92 Å². The molecule has 0 saturated carbocycles. The van der Waals surface area contributed by atoms with Gasteiger partial charge in [0.1, 0.15) is 23.8 Å². The van der Waals surface area contributed by atoms with Crippen molar-refractivity contribution in [2.45, 2.75) is 13.3 Å². The van der Waals surface area contributed by atoms with Crippen LogP contribution in [0.4, 0.5) is 17.1 Å². The van der Waals surface area contributed by atoms with Gasteiger partial charge in [-0.2, -0.15) is 0 Å². The van der Waals surface area contributed by atoms with Crippen molar-refractivity contribution >= 4 is 28.7 Å². The van der Waals surface area contributed by atoms with Gasteiger partial charge in [0.15, 0.2) is 0 Å². The van der Waals surface area contributed by atoms with Crippen molar-refractivity contribution in [1.29, 1.82) is 0 Å². The van der Waals surface area contributed by atoms with E-state index in [1.165, 1.54) is 11.8 Å². The quantitative estimate of drug-likeness (QED) is 0.429. The molecule has 0 aromatic heterocycles. The molecule has 2 N–H and O–H groups in total. The Morgan fingerprint density at radius 3 is 2.46 bits per heavy atom. The first-order chi connectivity index (χ1) is 11.4. The predicted molar refractivity (Wildman–Crippen MR) is 89.0 cm³/mol. The Balaban J connectivity index is 2.06. The molecular weight excluding hydrogens is 340 g/mol. The molecule has 0 radical (unpaired) electrons. The number of halogens is 1. The number of nitro benzene ring substituents is 2. The third-order valence-corrected chi connectivity index (χ3v) is 4.54. The van der Waals surface area contributed by atoms with Gasteiger partial charge in [-0.25, -0.2) is 0 Å². The Kier molecular flexibility index (Phi) is 6.29. The molecule has 9 nitrogen and oxygen atoms in total. The predicted octanol–water partition coefficient (Wildman–Crippen LogP) is 1.18. The highest BCUT2D eigenvalue weighted by Crippen LogP contribution is 2.39. The zero-order valence-corrected chi connectivity index (χ0v) is 14.1. The van der Waals surface area contributed by atoms with Crippen LogP contribution in [0.1, 0.15) is 12.0 Å². The Bertz CT molecular complexity index is 634. The summed E-state index contributed by atoms with van der Waals surface area (Å²) in [6, 6.07) is 0.908. The molecular formula is C14H20ClN4O5+. The number of ether oxygens (including phenoxy) is 1. The number of hydrogen-bond donors (Lipinski definition) is 2. The molecule has 1 heterocycles. The van der Waals surface area contributed by atoms with Crippen molar-refractivity contribution in [3.05, 3.63) is 36.9 Å². The lowest BCUT2D eigenvalue weighted by atomic mass is 10.1. The topological polar surface area (TPSA) is 112 Å². The lowest BCUT2D eigenvalue weighted by Gasteiger charge is -2.23. The van der Waals surface area contributed by atoms with Gasteiger partial charge in [-0.15, -0.1) is 0 Å². The van der Waals surface area contributed by atoms with E-state index >= 15 is 0 Å². The Morgan fingerprint density at radius 1 is 1.25 bits per heavy atom. The zero-order chi connectivity index (χ0) is 17.7. The zero-order valence-electron chi connectivity index (χ0n) is 13.3. The van der Waals surface area contributed by atoms with Crippen LogP contribution < -0.4 is 10.2 Å². The molecule has 1 aliphatic heterocycles. The fourth-order valence-corrected chi connectivity index (χ4v) is 2.94. The number of nitro groups is 2. The maximum absolute atomic E-state index is 11.2. The summed E-state index contributed by atoms with van der Waals surface area (Å²) in [5.74, 6) is 0. The summed E-state index contributed by atoms with van der Waals surface area (Å²) in [5, 5.41) is 25.1. The van der Waals surface area contributed by atoms with Crippen LogP contribution in [0.5, 0.6) is 0 Å². The number of nitrogens with one attached hydrogen (secondary N) is 2. The lowest BCUT2D eigenvalue weighted by molar-refractivity contribution is -0.908. The summed E-state index contributed by atoms with van der Waals surface area (Å²) >= 11 is 5.98. The van der Waals surface area contributed by atoms with Gasteiger partial charge >= 0.3 is 0 Å². The van der Waals surface area contributed by atoms with Crippen molar-refractivity contribution < 1.29 is 19.5 Å². The second kappa shape index (κ2) is 8.22. The molecule has 0 amide bonds. The van der Waals surface area contributed by atoms with E-state index in [-0.39, 0.29) is 16.4 Å². The molecule has 1 aromatic carbocycles. The van der Waals surface area contributed by atoms with E-state index in [2.05, 4.69) is 5.32 Å². The maximum Gasteiger partial charge on any atom is 0.299 e. The minimum absolute atomic E-state index is 0.0769. The number of nitrogens with zero attached hydrogens (tertiary/aromatic N) is 2. The Morgan fingerprint density at radius 2 is 1.88 bits per heavy atom. The Hall–Kier alpha value is -1.97. The van der Waals surface area contributed by atoms with Crippen molar-refractivity contribution in [3.63, 3.8) is 0 Å². The first-order valence-electron chi connectivity index (χ1n) is 7.69. The average molecular weight is 360 g/mol. The first kappa shape index (κ1) is 18.4. The second-order valence-electron chi connectivity index (χ2n) is 5.64. The number of morpholine rings is 1. The summed E-state index contributed by atoms with van der Waals surface area (Å²) in [6.45, 7) is 6.43. The van der Waals surface area contributed by atoms with Gasteiger partial charge in [-0.3, -0.25) is 20.2 Å². The van der Waals surface area contributed by atoms with E-state index in [1.54, 1.807) is 0 Å². The largest absolute Gasteiger partial charge is 0.379 e. The molecule has 0 bridgehead atoms. The molecule has 0 spiro atoms. The summed E-state index contributed by atoms with van der Waals surface area (Å²) in [7, 11) is 0. The minimum atomic E-state index is -0.714. The van der Waals surface area contributed by atoms with Gasteiger partial charge in [-0.1, -0.05) is 11.6 Å². The van der Waals surface area contributed by atoms with Crippen LogP contribution in [0.15, 0.2) is 6.07 Å². The third-order valence-electron chi connectivity index (χ3n) is 4.06. The third kappa shape index (κ3) is 4.31. The van der Waals surface area contributed by atoms with Crippen LogP contribution in [-0.2, 0) is 4.74 Å². The van der Waals surface area contributed by atoms with Gasteiger partial charge < -0.3 is 15.0 Å². The van der Waals surface area contributed by atoms with Crippen LogP contribution in [0.3, 0.4) is 0 Å². The van der Waals surface area contributed by atoms with E-state index in [0.717, 1.165) is 45.3 Å². The van der Waals surface area contributed by atoms with Crippen molar-refractivity contribution in [2.24, 2.45) is 0 Å². The summed E-state index contributed by atoms with van der Waals surface area (Å²) in [4.78, 5) is 22.3. The summed E-state index contributed by atoms with van der Waals surface area (Å²) in [5.41, 5.74) is -0.227. The smallest absolute Gasteiger partial charge is 0.299 e. The highest BCUT2D eigenvalue weighted by atomic mass is 35.5. The van der Waals surface area contributed by atoms with Gasteiger partial charge in [0, 0.05) is 18.5 Å². The maximum atomic E-state index is 11.2. The molecule has 2 rings (SSSR count). The van der Waals surface area contributed by atoms with E-state index in [0.29, 0.717) is 12.1 Å². The van der Waals surface area contributed by atoms with Crippen molar-refractivity contribution in [2.75, 3.05) is 44.7 Å². The number of anilines is 1. The molecule has 1 fully saturated rings. The standard InChI is InChI=1S/C14H19ClN4O5/c1-10-13(15)11(18(20)21)9-12(19(22)23)14(10)16-3-2-4-17-5-7-24-8-6-17/h9,16H,2-8H2,1H3/p+1. The number of rotatable bonds is 7. The van der Waals surface area contributed by atoms with Crippen LogP contribution in [0.2, 0.25) is 5.02 Å². The molecule has 24 heavy (non-hydrogen) atoms. The fourth-order valence-electron chi connectivity index (χ4n) is 2.72. The normalized spacial score (nSPS) is 15.2. The molecule has 1 aliphatic rings. The van der Waals surface area contributed by atoms with Crippen LogP contribution in [-0.4, -0.2) is 49.2 Å². The van der Waals surface area contributed by atoms with Crippen LogP contribution in [0.25, 0.3) is 0 Å². The van der Waals surface area contributed by atoms with Crippen LogP contribution >= 0.6 is 11.6 Å². The number of quaternary nitrogens is 1. The fraction of sp³-hybridized carbons (Fsp3) is 0.571. The van der Waals surface area contributed by atoms with Crippen LogP contribution in [0, 0.1) is 27.2 Å². The summed E-state index contributed by atoms with van der Waals surface area (Å²) < 4.78 is 5.30. The molecule has 0 atom stereocenters. The molecule has 0 aliphatic carbocycles.